The zero-order valence-corrected chi connectivity index (χ0v) is 24.0. The van der Waals surface area contributed by atoms with Crippen LogP contribution in [0.15, 0.2) is 72.8 Å². The van der Waals surface area contributed by atoms with Gasteiger partial charge in [0.1, 0.15) is 11.5 Å². The Morgan fingerprint density at radius 2 is 1.54 bits per heavy atom. The number of nitro groups is 1. The summed E-state index contributed by atoms with van der Waals surface area (Å²) in [5.41, 5.74) is 1.10. The van der Waals surface area contributed by atoms with Gasteiger partial charge in [0, 0.05) is 43.0 Å². The van der Waals surface area contributed by atoms with Gasteiger partial charge < -0.3 is 22.6 Å². The van der Waals surface area contributed by atoms with Crippen LogP contribution in [0.25, 0.3) is 0 Å². The van der Waals surface area contributed by atoms with Crippen LogP contribution in [0.1, 0.15) is 18.1 Å². The first-order chi connectivity index (χ1) is 17.6. The molecule has 37 heavy (non-hydrogen) atoms. The van der Waals surface area contributed by atoms with E-state index in [-0.39, 0.29) is 5.69 Å². The first-order valence-electron chi connectivity index (χ1n) is 10.8. The van der Waals surface area contributed by atoms with Gasteiger partial charge in [0.05, 0.1) is 23.2 Å². The smallest absolute Gasteiger partial charge is 0.380 e. The highest BCUT2D eigenvalue weighted by Gasteiger charge is 2.23. The van der Waals surface area contributed by atoms with Crippen molar-refractivity contribution in [3.05, 3.63) is 94.0 Å². The average Bonchev–Trinajstić information content (AvgIpc) is 2.90. The Bertz CT molecular complexity index is 1330. The summed E-state index contributed by atoms with van der Waals surface area (Å²) in [5, 5.41) is 20.3. The summed E-state index contributed by atoms with van der Waals surface area (Å²) < 4.78 is 26.9. The third kappa shape index (κ3) is 8.99. The van der Waals surface area contributed by atoms with Crippen molar-refractivity contribution < 1.29 is 27.5 Å². The van der Waals surface area contributed by atoms with Crippen molar-refractivity contribution in [1.82, 2.24) is 0 Å². The summed E-state index contributed by atoms with van der Waals surface area (Å²) in [6.07, 6.45) is 0. The quantitative estimate of drug-likeness (QED) is 0.151. The number of nitro benzene ring substituents is 1. The van der Waals surface area contributed by atoms with Gasteiger partial charge in [-0.15, -0.1) is 0 Å². The van der Waals surface area contributed by atoms with Crippen molar-refractivity contribution in [3.8, 4) is 17.6 Å². The first-order valence-corrected chi connectivity index (χ1v) is 15.9. The van der Waals surface area contributed by atoms with Gasteiger partial charge in [-0.2, -0.15) is 5.26 Å². The molecule has 3 aromatic rings. The topological polar surface area (TPSA) is 113 Å². The largest absolute Gasteiger partial charge is 0.440 e. The number of nitrogens with zero attached hydrogens (tertiary/aromatic N) is 2. The van der Waals surface area contributed by atoms with Gasteiger partial charge in [0.15, 0.2) is 0 Å². The van der Waals surface area contributed by atoms with Crippen molar-refractivity contribution in [2.75, 3.05) is 20.8 Å². The molecule has 0 aliphatic rings. The van der Waals surface area contributed by atoms with E-state index in [0.717, 1.165) is 5.30 Å². The molecule has 0 bridgehead atoms. The third-order valence-electron chi connectivity index (χ3n) is 4.61. The molecular formula is C24H26N2O7P2S2. The fourth-order valence-corrected chi connectivity index (χ4v) is 6.28. The number of aryl methyl sites for hydroxylation is 1. The second-order valence-corrected chi connectivity index (χ2v) is 13.6. The third-order valence-corrected chi connectivity index (χ3v) is 10.2. The Kier molecular flexibility index (Phi) is 11.8. The lowest BCUT2D eigenvalue weighted by atomic mass is 10.2. The SMILES string of the molecule is CCOP(=S)(Oc1ccc(C#N)cc1)c1ccccc1.COP(=S)(OC)Oc1ccc([N+](=O)[O-])c(C)c1. The van der Waals surface area contributed by atoms with Gasteiger partial charge in [0.25, 0.3) is 12.2 Å². The van der Waals surface area contributed by atoms with Crippen molar-refractivity contribution in [1.29, 1.82) is 5.26 Å². The lowest BCUT2D eigenvalue weighted by molar-refractivity contribution is -0.385. The summed E-state index contributed by atoms with van der Waals surface area (Å²) in [5.74, 6) is 1.00. The predicted octanol–water partition coefficient (Wildman–Crippen LogP) is 6.41. The van der Waals surface area contributed by atoms with Crippen molar-refractivity contribution in [2.45, 2.75) is 13.8 Å². The van der Waals surface area contributed by atoms with Gasteiger partial charge in [-0.05, 0) is 74.2 Å². The van der Waals surface area contributed by atoms with Crippen molar-refractivity contribution >= 4 is 47.8 Å². The maximum absolute atomic E-state index is 10.6. The lowest BCUT2D eigenvalue weighted by Crippen LogP contribution is -2.11. The summed E-state index contributed by atoms with van der Waals surface area (Å²) in [7, 11) is 2.78. The van der Waals surface area contributed by atoms with E-state index >= 15 is 0 Å². The molecule has 3 aromatic carbocycles. The molecule has 0 saturated heterocycles. The van der Waals surface area contributed by atoms with E-state index in [1.807, 2.05) is 37.3 Å². The minimum Gasteiger partial charge on any atom is -0.440 e. The number of benzene rings is 3. The first kappa shape index (κ1) is 30.6. The van der Waals surface area contributed by atoms with E-state index in [0.29, 0.717) is 29.2 Å². The van der Waals surface area contributed by atoms with Crippen LogP contribution < -0.4 is 14.4 Å². The van der Waals surface area contributed by atoms with Crippen LogP contribution in [0.3, 0.4) is 0 Å². The molecule has 0 spiro atoms. The van der Waals surface area contributed by atoms with Gasteiger partial charge in [-0.1, -0.05) is 18.2 Å². The van der Waals surface area contributed by atoms with Gasteiger partial charge in [-0.25, -0.2) is 0 Å². The highest BCUT2D eigenvalue weighted by atomic mass is 32.5. The summed E-state index contributed by atoms with van der Waals surface area (Å²) in [4.78, 5) is 10.2. The maximum Gasteiger partial charge on any atom is 0.380 e. The fraction of sp³-hybridized carbons (Fsp3) is 0.208. The Balaban J connectivity index is 0.000000264. The van der Waals surface area contributed by atoms with Gasteiger partial charge >= 0.3 is 6.72 Å². The molecule has 0 aliphatic heterocycles. The highest BCUT2D eigenvalue weighted by molar-refractivity contribution is 8.13. The molecule has 0 aliphatic carbocycles. The molecule has 0 saturated carbocycles. The number of rotatable bonds is 10. The molecule has 1 unspecified atom stereocenters. The van der Waals surface area contributed by atoms with Crippen LogP contribution in [0.4, 0.5) is 5.69 Å². The van der Waals surface area contributed by atoms with Crippen LogP contribution in [0, 0.1) is 28.4 Å². The van der Waals surface area contributed by atoms with E-state index in [1.54, 1.807) is 31.2 Å². The minimum absolute atomic E-state index is 0.0282. The second-order valence-electron chi connectivity index (χ2n) is 7.09. The zero-order valence-electron chi connectivity index (χ0n) is 20.6. The van der Waals surface area contributed by atoms with Gasteiger partial charge in [-0.3, -0.25) is 10.1 Å². The Morgan fingerprint density at radius 3 is 2.03 bits per heavy atom. The molecule has 3 rings (SSSR count). The van der Waals surface area contributed by atoms with Crippen LogP contribution in [0.2, 0.25) is 0 Å². The van der Waals surface area contributed by atoms with E-state index in [1.165, 1.54) is 32.4 Å². The van der Waals surface area contributed by atoms with Crippen molar-refractivity contribution in [3.63, 3.8) is 0 Å². The Morgan fingerprint density at radius 1 is 0.946 bits per heavy atom. The van der Waals surface area contributed by atoms with E-state index in [9.17, 15) is 10.1 Å². The Labute approximate surface area is 226 Å². The molecule has 0 aromatic heterocycles. The maximum atomic E-state index is 10.6. The summed E-state index contributed by atoms with van der Waals surface area (Å²) in [6.45, 7) is -1.36. The molecule has 0 heterocycles. The second kappa shape index (κ2) is 14.3. The van der Waals surface area contributed by atoms with Crippen LogP contribution >= 0.6 is 13.2 Å². The number of nitriles is 1. The van der Waals surface area contributed by atoms with E-state index in [2.05, 4.69) is 6.07 Å². The van der Waals surface area contributed by atoms with E-state index < -0.39 is 18.1 Å². The molecule has 1 atom stereocenters. The molecule has 9 nitrogen and oxygen atoms in total. The molecule has 0 amide bonds. The molecule has 196 valence electrons. The molecule has 0 radical (unpaired) electrons. The summed E-state index contributed by atoms with van der Waals surface area (Å²) in [6, 6.07) is 22.9. The van der Waals surface area contributed by atoms with Crippen LogP contribution in [-0.2, 0) is 37.2 Å². The van der Waals surface area contributed by atoms with Gasteiger partial charge in [0.2, 0.25) is 0 Å². The van der Waals surface area contributed by atoms with Crippen molar-refractivity contribution in [2.24, 2.45) is 0 Å². The fourth-order valence-electron chi connectivity index (χ4n) is 2.83. The highest BCUT2D eigenvalue weighted by Crippen LogP contribution is 2.49. The number of hydrogen-bond acceptors (Lipinski definition) is 10. The predicted molar refractivity (Wildman–Crippen MR) is 151 cm³/mol. The van der Waals surface area contributed by atoms with Crippen LogP contribution in [-0.4, -0.2) is 25.7 Å². The average molecular weight is 581 g/mol. The monoisotopic (exact) mass is 580 g/mol. The standard InChI is InChI=1S/C15H14NO2PS.C9H12NO5PS/c1-2-17-19(20,15-6-4-3-5-7-15)18-14-10-8-13(12-16)9-11-14;1-7-6-8(4-5-9(7)10(11)12)15-16(17,13-2)14-3/h3-11H,2H2,1H3;4-6H,1-3H3. The summed E-state index contributed by atoms with van der Waals surface area (Å²) >= 11 is 10.6. The van der Waals surface area contributed by atoms with E-state index in [4.69, 9.17) is 51.5 Å². The molecule has 0 fully saturated rings. The molecule has 13 heteroatoms. The minimum atomic E-state index is -2.80. The lowest BCUT2D eigenvalue weighted by Gasteiger charge is -2.22. The normalized spacial score (nSPS) is 12.3. The van der Waals surface area contributed by atoms with Crippen LogP contribution in [0.5, 0.6) is 11.5 Å². The zero-order chi connectivity index (χ0) is 27.5. The molecular weight excluding hydrogens is 554 g/mol. The molecule has 0 N–H and O–H groups in total. The number of hydrogen-bond donors (Lipinski definition) is 0. The Hall–Kier alpha value is -2.67.